The standard InChI is InChI=1S/C22H42N2O3/c1-2-3-4-5-6-7-8-9-10-11-12-13-14-15-16-17-21(25)24-19-18-23-20-22(26)27/h9-10,23H,2-8,11-20H2,1H3,(H,24,25)(H,26,27)/b10-9-. The predicted molar refractivity (Wildman–Crippen MR) is 113 cm³/mol. The van der Waals surface area contributed by atoms with Crippen molar-refractivity contribution in [2.24, 2.45) is 0 Å². The lowest BCUT2D eigenvalue weighted by atomic mass is 10.1. The number of carbonyl (C=O) groups is 2. The van der Waals surface area contributed by atoms with Crippen LogP contribution in [0, 0.1) is 0 Å². The Morgan fingerprint density at radius 2 is 1.33 bits per heavy atom. The first kappa shape index (κ1) is 25.6. The summed E-state index contributed by atoms with van der Waals surface area (Å²) in [6.45, 7) is 3.17. The second-order valence-electron chi connectivity index (χ2n) is 7.25. The van der Waals surface area contributed by atoms with Crippen LogP contribution in [0.15, 0.2) is 12.2 Å². The van der Waals surface area contributed by atoms with Crippen molar-refractivity contribution in [3.8, 4) is 0 Å². The molecule has 158 valence electrons. The Morgan fingerprint density at radius 3 is 1.93 bits per heavy atom. The van der Waals surface area contributed by atoms with Gasteiger partial charge in [-0.3, -0.25) is 9.59 Å². The maximum atomic E-state index is 11.6. The number of carboxylic acids is 1. The maximum Gasteiger partial charge on any atom is 0.317 e. The quantitative estimate of drug-likeness (QED) is 0.208. The minimum atomic E-state index is -0.880. The molecule has 0 rings (SSSR count). The van der Waals surface area contributed by atoms with Gasteiger partial charge in [-0.15, -0.1) is 0 Å². The molecule has 0 aliphatic rings. The third kappa shape index (κ3) is 22.6. The monoisotopic (exact) mass is 382 g/mol. The fourth-order valence-corrected chi connectivity index (χ4v) is 2.93. The zero-order valence-corrected chi connectivity index (χ0v) is 17.4. The number of unbranched alkanes of at least 4 members (excludes halogenated alkanes) is 11. The van der Waals surface area contributed by atoms with E-state index in [9.17, 15) is 9.59 Å². The minimum absolute atomic E-state index is 0.0600. The third-order valence-electron chi connectivity index (χ3n) is 4.57. The topological polar surface area (TPSA) is 78.4 Å². The molecule has 0 heterocycles. The van der Waals surface area contributed by atoms with Crippen molar-refractivity contribution in [2.45, 2.75) is 96.8 Å². The molecule has 0 unspecified atom stereocenters. The van der Waals surface area contributed by atoms with E-state index in [-0.39, 0.29) is 12.5 Å². The number of amides is 1. The Kier molecular flexibility index (Phi) is 19.9. The Labute approximate surface area is 166 Å². The molecule has 0 saturated carbocycles. The smallest absolute Gasteiger partial charge is 0.317 e. The first-order valence-electron chi connectivity index (χ1n) is 11.0. The van der Waals surface area contributed by atoms with E-state index in [0.717, 1.165) is 12.8 Å². The molecule has 0 aliphatic carbocycles. The van der Waals surface area contributed by atoms with Gasteiger partial charge in [-0.05, 0) is 32.1 Å². The van der Waals surface area contributed by atoms with Crippen LogP contribution in [-0.4, -0.2) is 36.6 Å². The molecule has 0 spiro atoms. The molecular formula is C22H42N2O3. The normalized spacial score (nSPS) is 11.1. The molecule has 0 aromatic carbocycles. The molecule has 5 nitrogen and oxygen atoms in total. The van der Waals surface area contributed by atoms with Crippen LogP contribution >= 0.6 is 0 Å². The molecule has 1 amide bonds. The van der Waals surface area contributed by atoms with Crippen LogP contribution < -0.4 is 10.6 Å². The van der Waals surface area contributed by atoms with Gasteiger partial charge in [0.1, 0.15) is 0 Å². The average molecular weight is 383 g/mol. The molecule has 0 bridgehead atoms. The lowest BCUT2D eigenvalue weighted by Crippen LogP contribution is -2.33. The van der Waals surface area contributed by atoms with Gasteiger partial charge >= 0.3 is 5.97 Å². The van der Waals surface area contributed by atoms with Crippen LogP contribution in [0.3, 0.4) is 0 Å². The molecule has 5 heteroatoms. The summed E-state index contributed by atoms with van der Waals surface area (Å²) in [6, 6.07) is 0. The van der Waals surface area contributed by atoms with Gasteiger partial charge in [0, 0.05) is 19.5 Å². The Bertz CT molecular complexity index is 384. The Hall–Kier alpha value is -1.36. The number of hydrogen-bond acceptors (Lipinski definition) is 3. The molecule has 0 aromatic heterocycles. The minimum Gasteiger partial charge on any atom is -0.480 e. The maximum absolute atomic E-state index is 11.6. The van der Waals surface area contributed by atoms with Gasteiger partial charge in [0.2, 0.25) is 5.91 Å². The van der Waals surface area contributed by atoms with Gasteiger partial charge in [0.15, 0.2) is 0 Å². The van der Waals surface area contributed by atoms with Gasteiger partial charge in [-0.2, -0.15) is 0 Å². The van der Waals surface area contributed by atoms with Crippen LogP contribution in [0.4, 0.5) is 0 Å². The summed E-state index contributed by atoms with van der Waals surface area (Å²) in [5.74, 6) is -0.820. The van der Waals surface area contributed by atoms with E-state index >= 15 is 0 Å². The van der Waals surface area contributed by atoms with Gasteiger partial charge < -0.3 is 15.7 Å². The predicted octanol–water partition coefficient (Wildman–Crippen LogP) is 4.81. The molecule has 0 fully saturated rings. The molecule has 0 atom stereocenters. The van der Waals surface area contributed by atoms with E-state index in [1.54, 1.807) is 0 Å². The summed E-state index contributed by atoms with van der Waals surface area (Å²) in [5.41, 5.74) is 0. The van der Waals surface area contributed by atoms with Crippen molar-refractivity contribution in [1.82, 2.24) is 10.6 Å². The molecule has 0 saturated heterocycles. The largest absolute Gasteiger partial charge is 0.480 e. The Morgan fingerprint density at radius 1 is 0.778 bits per heavy atom. The van der Waals surface area contributed by atoms with Crippen LogP contribution in [0.1, 0.15) is 96.8 Å². The highest BCUT2D eigenvalue weighted by Crippen LogP contribution is 2.09. The fourth-order valence-electron chi connectivity index (χ4n) is 2.93. The number of carboxylic acid groups (broad SMARTS) is 1. The van der Waals surface area contributed by atoms with Crippen molar-refractivity contribution < 1.29 is 14.7 Å². The molecule has 3 N–H and O–H groups in total. The zero-order valence-electron chi connectivity index (χ0n) is 17.4. The lowest BCUT2D eigenvalue weighted by molar-refractivity contribution is -0.135. The van der Waals surface area contributed by atoms with Gasteiger partial charge in [0.05, 0.1) is 6.54 Å². The SMILES string of the molecule is CCCCCCCC/C=C\CCCCCCCC(=O)NCCNCC(=O)O. The van der Waals surface area contributed by atoms with E-state index in [1.165, 1.54) is 70.6 Å². The summed E-state index contributed by atoms with van der Waals surface area (Å²) in [5, 5.41) is 14.0. The highest BCUT2D eigenvalue weighted by molar-refractivity contribution is 5.75. The summed E-state index contributed by atoms with van der Waals surface area (Å²) in [7, 11) is 0. The molecule has 27 heavy (non-hydrogen) atoms. The molecule has 0 aliphatic heterocycles. The number of allylic oxidation sites excluding steroid dienone is 2. The Balaban J connectivity index is 3.22. The van der Waals surface area contributed by atoms with Crippen LogP contribution in [0.5, 0.6) is 0 Å². The highest BCUT2D eigenvalue weighted by atomic mass is 16.4. The highest BCUT2D eigenvalue weighted by Gasteiger charge is 2.01. The van der Waals surface area contributed by atoms with Gasteiger partial charge in [-0.1, -0.05) is 70.4 Å². The molecule has 0 radical (unpaired) electrons. The zero-order chi connectivity index (χ0) is 20.0. The summed E-state index contributed by atoms with van der Waals surface area (Å²) < 4.78 is 0. The van der Waals surface area contributed by atoms with E-state index in [4.69, 9.17) is 5.11 Å². The average Bonchev–Trinajstić information content (AvgIpc) is 2.64. The first-order chi connectivity index (χ1) is 13.2. The lowest BCUT2D eigenvalue weighted by Gasteiger charge is -2.05. The number of aliphatic carboxylic acids is 1. The third-order valence-corrected chi connectivity index (χ3v) is 4.57. The van der Waals surface area contributed by atoms with Crippen molar-refractivity contribution in [3.63, 3.8) is 0 Å². The van der Waals surface area contributed by atoms with E-state index in [2.05, 4.69) is 29.7 Å². The van der Waals surface area contributed by atoms with Crippen molar-refractivity contribution >= 4 is 11.9 Å². The number of nitrogens with one attached hydrogen (secondary N) is 2. The fraction of sp³-hybridized carbons (Fsp3) is 0.818. The van der Waals surface area contributed by atoms with E-state index in [0.29, 0.717) is 19.5 Å². The second kappa shape index (κ2) is 20.9. The summed E-state index contributed by atoms with van der Waals surface area (Å²) in [4.78, 5) is 21.9. The van der Waals surface area contributed by atoms with Crippen molar-refractivity contribution in [2.75, 3.05) is 19.6 Å². The van der Waals surface area contributed by atoms with Crippen molar-refractivity contribution in [1.29, 1.82) is 0 Å². The van der Waals surface area contributed by atoms with Gasteiger partial charge in [-0.25, -0.2) is 0 Å². The number of carbonyl (C=O) groups excluding carboxylic acids is 1. The first-order valence-corrected chi connectivity index (χ1v) is 11.0. The second-order valence-corrected chi connectivity index (χ2v) is 7.25. The number of rotatable bonds is 20. The van der Waals surface area contributed by atoms with E-state index in [1.807, 2.05) is 0 Å². The van der Waals surface area contributed by atoms with Crippen LogP contribution in [-0.2, 0) is 9.59 Å². The summed E-state index contributed by atoms with van der Waals surface area (Å²) in [6.07, 6.45) is 21.6. The van der Waals surface area contributed by atoms with Crippen LogP contribution in [0.2, 0.25) is 0 Å². The van der Waals surface area contributed by atoms with Gasteiger partial charge in [0.25, 0.3) is 0 Å². The number of hydrogen-bond donors (Lipinski definition) is 3. The van der Waals surface area contributed by atoms with Crippen molar-refractivity contribution in [3.05, 3.63) is 12.2 Å². The molecular weight excluding hydrogens is 340 g/mol. The van der Waals surface area contributed by atoms with Crippen LogP contribution in [0.25, 0.3) is 0 Å². The van der Waals surface area contributed by atoms with E-state index < -0.39 is 5.97 Å². The molecule has 0 aromatic rings. The summed E-state index contributed by atoms with van der Waals surface area (Å²) >= 11 is 0.